The van der Waals surface area contributed by atoms with Crippen LogP contribution in [-0.2, 0) is 0 Å². The van der Waals surface area contributed by atoms with Crippen LogP contribution in [-0.4, -0.2) is 24.1 Å². The van der Waals surface area contributed by atoms with Crippen LogP contribution in [0.3, 0.4) is 0 Å². The zero-order valence-corrected chi connectivity index (χ0v) is 37.8. The second-order valence-corrected chi connectivity index (χ2v) is 19.0. The van der Waals surface area contributed by atoms with Gasteiger partial charge in [-0.05, 0) is 86.9 Å². The fourth-order valence-corrected chi connectivity index (χ4v) is 12.2. The Labute approximate surface area is 399 Å². The minimum Gasteiger partial charge on any atom is -0.309 e. The molecule has 0 spiro atoms. The normalized spacial score (nSPS) is 12.1. The molecular formula is C63H37N5S. The maximum absolute atomic E-state index is 5.56. The molecule has 0 aliphatic carbocycles. The Bertz CT molecular complexity index is 4600. The highest BCUT2D eigenvalue weighted by atomic mass is 32.1. The van der Waals surface area contributed by atoms with Crippen LogP contribution in [0.5, 0.6) is 0 Å². The molecule has 0 saturated carbocycles. The van der Waals surface area contributed by atoms with E-state index in [1.165, 1.54) is 74.0 Å². The average Bonchev–Trinajstić information content (AvgIpc) is 4.07. The molecular weight excluding hydrogens is 859 g/mol. The van der Waals surface area contributed by atoms with Gasteiger partial charge in [-0.15, -0.1) is 11.3 Å². The van der Waals surface area contributed by atoms with Gasteiger partial charge in [-0.2, -0.15) is 0 Å². The molecule has 6 heteroatoms. The van der Waals surface area contributed by atoms with Crippen LogP contribution in [0.4, 0.5) is 0 Å². The minimum atomic E-state index is 0.609. The predicted molar refractivity (Wildman–Crippen MR) is 290 cm³/mol. The molecule has 0 radical (unpaired) electrons. The van der Waals surface area contributed by atoms with E-state index in [2.05, 4.69) is 228 Å². The summed E-state index contributed by atoms with van der Waals surface area (Å²) >= 11 is 1.84. The lowest BCUT2D eigenvalue weighted by Gasteiger charge is -2.16. The highest BCUT2D eigenvalue weighted by Gasteiger charge is 2.24. The summed E-state index contributed by atoms with van der Waals surface area (Å²) in [5.41, 5.74) is 9.37. The molecule has 0 unspecified atom stereocenters. The lowest BCUT2D eigenvalue weighted by atomic mass is 10.0. The van der Waals surface area contributed by atoms with Crippen molar-refractivity contribution < 1.29 is 0 Å². The topological polar surface area (TPSA) is 48.5 Å². The molecule has 320 valence electrons. The fourth-order valence-electron chi connectivity index (χ4n) is 10.9. The van der Waals surface area contributed by atoms with E-state index >= 15 is 0 Å². The third-order valence-corrected chi connectivity index (χ3v) is 15.3. The Morgan fingerprint density at radius 2 is 0.913 bits per heavy atom. The molecule has 15 rings (SSSR count). The first kappa shape index (κ1) is 38.2. The molecule has 5 nitrogen and oxygen atoms in total. The highest BCUT2D eigenvalue weighted by Crippen LogP contribution is 2.46. The largest absolute Gasteiger partial charge is 0.309 e. The molecule has 0 fully saturated rings. The molecule has 11 aromatic carbocycles. The van der Waals surface area contributed by atoms with Gasteiger partial charge in [-0.1, -0.05) is 170 Å². The van der Waals surface area contributed by atoms with Crippen LogP contribution in [0.2, 0.25) is 0 Å². The van der Waals surface area contributed by atoms with E-state index in [-0.39, 0.29) is 0 Å². The molecule has 4 heterocycles. The van der Waals surface area contributed by atoms with Crippen molar-refractivity contribution in [1.29, 1.82) is 0 Å². The Morgan fingerprint density at radius 3 is 1.72 bits per heavy atom. The Hall–Kier alpha value is -8.97. The fraction of sp³-hybridized carbons (Fsp3) is 0. The Balaban J connectivity index is 1.07. The zero-order chi connectivity index (χ0) is 45.2. The van der Waals surface area contributed by atoms with E-state index < -0.39 is 0 Å². The van der Waals surface area contributed by atoms with E-state index in [1.54, 1.807) is 0 Å². The van der Waals surface area contributed by atoms with Gasteiger partial charge >= 0.3 is 0 Å². The van der Waals surface area contributed by atoms with Gasteiger partial charge in [0.1, 0.15) is 0 Å². The monoisotopic (exact) mass is 895 g/mol. The molecule has 0 N–H and O–H groups in total. The van der Waals surface area contributed by atoms with Crippen molar-refractivity contribution in [2.45, 2.75) is 0 Å². The van der Waals surface area contributed by atoms with Crippen LogP contribution in [0, 0.1) is 0 Å². The van der Waals surface area contributed by atoms with Gasteiger partial charge in [-0.25, -0.2) is 15.0 Å². The molecule has 0 saturated heterocycles. The number of rotatable bonds is 5. The summed E-state index contributed by atoms with van der Waals surface area (Å²) in [4.78, 5) is 16.3. The number of aromatic nitrogens is 5. The second kappa shape index (κ2) is 14.8. The third kappa shape index (κ3) is 5.79. The smallest absolute Gasteiger partial charge is 0.166 e. The first-order valence-electron chi connectivity index (χ1n) is 23.3. The van der Waals surface area contributed by atoms with Crippen LogP contribution >= 0.6 is 11.3 Å². The van der Waals surface area contributed by atoms with Crippen molar-refractivity contribution >= 4 is 107 Å². The van der Waals surface area contributed by atoms with Gasteiger partial charge in [-0.3, -0.25) is 0 Å². The lowest BCUT2D eigenvalue weighted by Crippen LogP contribution is -2.04. The second-order valence-electron chi connectivity index (χ2n) is 18.0. The van der Waals surface area contributed by atoms with Crippen LogP contribution in [0.25, 0.3) is 142 Å². The summed E-state index contributed by atoms with van der Waals surface area (Å²) in [5.74, 6) is 1.84. The van der Waals surface area contributed by atoms with Gasteiger partial charge in [0.05, 0.1) is 27.8 Å². The molecule has 0 aliphatic heterocycles. The number of benzene rings is 11. The molecule has 69 heavy (non-hydrogen) atoms. The highest BCUT2D eigenvalue weighted by molar-refractivity contribution is 7.26. The van der Waals surface area contributed by atoms with Gasteiger partial charge in [0.2, 0.25) is 0 Å². The van der Waals surface area contributed by atoms with Crippen LogP contribution < -0.4 is 0 Å². The Kier molecular flexibility index (Phi) is 8.17. The average molecular weight is 896 g/mol. The maximum Gasteiger partial charge on any atom is 0.166 e. The SMILES string of the molecule is c1ccc(-c2nc(-c3ccc4c5ccccc5n(-c5ccccc5)c4c3)nc(-c3cc4sc5c6ccccc6ccc5c4cc3-n3c4cc5ccccc5cc4c4c5ccccc5ccc43)n2)cc1. The summed E-state index contributed by atoms with van der Waals surface area (Å²) in [6.45, 7) is 0. The number of nitrogens with zero attached hydrogens (tertiary/aromatic N) is 5. The molecule has 4 aromatic heterocycles. The third-order valence-electron chi connectivity index (χ3n) is 14.1. The first-order valence-corrected chi connectivity index (χ1v) is 24.2. The predicted octanol–water partition coefficient (Wildman–Crippen LogP) is 16.9. The van der Waals surface area contributed by atoms with Gasteiger partial charge in [0.25, 0.3) is 0 Å². The quantitative estimate of drug-likeness (QED) is 0.173. The number of hydrogen-bond acceptors (Lipinski definition) is 4. The van der Waals surface area contributed by atoms with Gasteiger partial charge < -0.3 is 9.13 Å². The van der Waals surface area contributed by atoms with Crippen molar-refractivity contribution in [2.24, 2.45) is 0 Å². The van der Waals surface area contributed by atoms with Crippen LogP contribution in [0.15, 0.2) is 224 Å². The zero-order valence-electron chi connectivity index (χ0n) is 37.0. The van der Waals surface area contributed by atoms with E-state index in [4.69, 9.17) is 15.0 Å². The van der Waals surface area contributed by atoms with E-state index in [9.17, 15) is 0 Å². The van der Waals surface area contributed by atoms with Crippen molar-refractivity contribution in [2.75, 3.05) is 0 Å². The molecule has 15 aromatic rings. The van der Waals surface area contributed by atoms with Crippen LogP contribution in [0.1, 0.15) is 0 Å². The number of fused-ring (bicyclic) bond motifs is 14. The summed E-state index contributed by atoms with van der Waals surface area (Å²) in [5, 5.41) is 14.6. The van der Waals surface area contributed by atoms with E-state index in [0.717, 1.165) is 50.1 Å². The summed E-state index contributed by atoms with van der Waals surface area (Å²) in [6.07, 6.45) is 0. The number of hydrogen-bond donors (Lipinski definition) is 0. The lowest BCUT2D eigenvalue weighted by molar-refractivity contribution is 1.07. The minimum absolute atomic E-state index is 0.609. The van der Waals surface area contributed by atoms with Crippen molar-refractivity contribution in [3.63, 3.8) is 0 Å². The van der Waals surface area contributed by atoms with Gasteiger partial charge in [0, 0.05) is 64.1 Å². The van der Waals surface area contributed by atoms with Crippen molar-refractivity contribution in [3.8, 4) is 45.5 Å². The number of para-hydroxylation sites is 2. The first-order chi connectivity index (χ1) is 34.2. The van der Waals surface area contributed by atoms with E-state index in [1.807, 2.05) is 17.4 Å². The van der Waals surface area contributed by atoms with Gasteiger partial charge in [0.15, 0.2) is 17.5 Å². The molecule has 0 atom stereocenters. The number of thiophene rings is 1. The standard InChI is InChI=1S/C63H37N5S/c1-3-17-40(18-4-1)61-64-62(43-28-30-48-47-25-13-14-26-53(47)67(55(48)35-43)44-21-5-2-6-22-44)66-63(65-61)52-37-58-50(49-31-27-39-16-10-12-24-46(39)60(49)69-58)36-57(52)68-54-32-29-38-15-9-11-23-45(38)59(54)51-33-41-19-7-8-20-42(41)34-56(51)68/h1-37H. The maximum atomic E-state index is 5.56. The molecule has 0 amide bonds. The molecule has 0 aliphatic rings. The summed E-state index contributed by atoms with van der Waals surface area (Å²) in [6, 6.07) is 80.9. The Morgan fingerprint density at radius 1 is 0.319 bits per heavy atom. The summed E-state index contributed by atoms with van der Waals surface area (Å²) < 4.78 is 7.27. The van der Waals surface area contributed by atoms with Crippen molar-refractivity contribution in [1.82, 2.24) is 24.1 Å². The van der Waals surface area contributed by atoms with E-state index in [0.29, 0.717) is 17.5 Å². The summed E-state index contributed by atoms with van der Waals surface area (Å²) in [7, 11) is 0. The molecule has 0 bridgehead atoms. The van der Waals surface area contributed by atoms with Crippen molar-refractivity contribution in [3.05, 3.63) is 224 Å².